The third-order valence-electron chi connectivity index (χ3n) is 2.67. The van der Waals surface area contributed by atoms with Crippen LogP contribution in [0, 0.1) is 0 Å². The predicted molar refractivity (Wildman–Crippen MR) is 64.5 cm³/mol. The predicted octanol–water partition coefficient (Wildman–Crippen LogP) is 2.54. The Morgan fingerprint density at radius 3 is 3.00 bits per heavy atom. The lowest BCUT2D eigenvalue weighted by Gasteiger charge is -2.28. The molecule has 0 aromatic carbocycles. The van der Waals surface area contributed by atoms with Crippen LogP contribution >= 0.6 is 23.1 Å². The highest BCUT2D eigenvalue weighted by Crippen LogP contribution is 2.34. The average Bonchev–Trinajstić information content (AvgIpc) is 2.74. The highest BCUT2D eigenvalue weighted by Gasteiger charge is 2.24. The Hall–Kier alpha value is -0.0300. The first kappa shape index (κ1) is 10.5. The molecule has 2 rings (SSSR count). The van der Waals surface area contributed by atoms with Crippen LogP contribution in [0.4, 0.5) is 0 Å². The molecule has 1 aliphatic heterocycles. The average molecular weight is 228 g/mol. The molecule has 0 bridgehead atoms. The minimum Gasteiger partial charge on any atom is -0.271 e. The molecular weight excluding hydrogens is 212 g/mol. The van der Waals surface area contributed by atoms with Gasteiger partial charge in [-0.25, -0.2) is 0 Å². The van der Waals surface area contributed by atoms with Crippen LogP contribution in [0.2, 0.25) is 0 Å². The zero-order valence-electron chi connectivity index (χ0n) is 8.11. The minimum absolute atomic E-state index is 0.339. The van der Waals surface area contributed by atoms with Crippen LogP contribution in [0.1, 0.15) is 30.9 Å². The van der Waals surface area contributed by atoms with Gasteiger partial charge in [0.05, 0.1) is 6.04 Å². The summed E-state index contributed by atoms with van der Waals surface area (Å²) < 4.78 is 0. The highest BCUT2D eigenvalue weighted by molar-refractivity contribution is 8.00. The molecule has 1 aromatic heterocycles. The van der Waals surface area contributed by atoms with Crippen molar-refractivity contribution in [1.82, 2.24) is 5.43 Å². The standard InChI is InChI=1S/C10H16N2S2/c11-12-10(8-4-6-13-7-8)9-3-1-2-5-14-9/h4,6-7,9-10,12H,1-3,5,11H2. The third kappa shape index (κ3) is 2.31. The Morgan fingerprint density at radius 1 is 1.50 bits per heavy atom. The molecular formula is C10H16N2S2. The van der Waals surface area contributed by atoms with Crippen molar-refractivity contribution in [1.29, 1.82) is 0 Å². The number of hydrazine groups is 1. The molecule has 1 aromatic rings. The van der Waals surface area contributed by atoms with Crippen molar-refractivity contribution in [3.05, 3.63) is 22.4 Å². The summed E-state index contributed by atoms with van der Waals surface area (Å²) in [4.78, 5) is 0. The molecule has 1 aliphatic rings. The zero-order valence-corrected chi connectivity index (χ0v) is 9.74. The molecule has 2 unspecified atom stereocenters. The summed E-state index contributed by atoms with van der Waals surface area (Å²) in [5, 5.41) is 4.97. The van der Waals surface area contributed by atoms with Crippen molar-refractivity contribution >= 4 is 23.1 Å². The normalized spacial score (nSPS) is 24.8. The van der Waals surface area contributed by atoms with Gasteiger partial charge in [0.1, 0.15) is 0 Å². The van der Waals surface area contributed by atoms with E-state index in [0.29, 0.717) is 11.3 Å². The number of rotatable bonds is 3. The Morgan fingerprint density at radius 2 is 2.43 bits per heavy atom. The summed E-state index contributed by atoms with van der Waals surface area (Å²) in [6, 6.07) is 2.51. The topological polar surface area (TPSA) is 38.0 Å². The van der Waals surface area contributed by atoms with Crippen molar-refractivity contribution in [2.75, 3.05) is 5.75 Å². The van der Waals surface area contributed by atoms with E-state index in [-0.39, 0.29) is 0 Å². The van der Waals surface area contributed by atoms with Gasteiger partial charge in [0.15, 0.2) is 0 Å². The van der Waals surface area contributed by atoms with Crippen molar-refractivity contribution in [2.24, 2.45) is 5.84 Å². The van der Waals surface area contributed by atoms with E-state index in [1.54, 1.807) is 11.3 Å². The van der Waals surface area contributed by atoms with E-state index < -0.39 is 0 Å². The molecule has 0 radical (unpaired) electrons. The minimum atomic E-state index is 0.339. The van der Waals surface area contributed by atoms with E-state index in [1.807, 2.05) is 0 Å². The molecule has 0 spiro atoms. The summed E-state index contributed by atoms with van der Waals surface area (Å²) in [7, 11) is 0. The maximum Gasteiger partial charge on any atom is 0.0586 e. The molecule has 3 N–H and O–H groups in total. The first-order valence-electron chi connectivity index (χ1n) is 5.01. The van der Waals surface area contributed by atoms with Gasteiger partial charge in [-0.15, -0.1) is 0 Å². The second kappa shape index (κ2) is 5.16. The van der Waals surface area contributed by atoms with E-state index in [2.05, 4.69) is 34.0 Å². The number of thiophene rings is 1. The van der Waals surface area contributed by atoms with Crippen molar-refractivity contribution in [2.45, 2.75) is 30.6 Å². The van der Waals surface area contributed by atoms with E-state index >= 15 is 0 Å². The molecule has 1 fully saturated rings. The van der Waals surface area contributed by atoms with Crippen LogP contribution in [0.5, 0.6) is 0 Å². The van der Waals surface area contributed by atoms with Gasteiger partial charge in [-0.05, 0) is 41.0 Å². The van der Waals surface area contributed by atoms with Crippen molar-refractivity contribution < 1.29 is 0 Å². The lowest BCUT2D eigenvalue weighted by Crippen LogP contribution is -2.36. The third-order valence-corrected chi connectivity index (χ3v) is 4.83. The van der Waals surface area contributed by atoms with Gasteiger partial charge >= 0.3 is 0 Å². The summed E-state index contributed by atoms with van der Waals surface area (Å²) in [6.45, 7) is 0. The monoisotopic (exact) mass is 228 g/mol. The summed E-state index contributed by atoms with van der Waals surface area (Å²) in [5.74, 6) is 6.92. The lowest BCUT2D eigenvalue weighted by atomic mass is 10.0. The SMILES string of the molecule is NNC(c1ccsc1)C1CCCCS1. The van der Waals surface area contributed by atoms with E-state index in [4.69, 9.17) is 5.84 Å². The molecule has 0 aliphatic carbocycles. The van der Waals surface area contributed by atoms with Gasteiger partial charge in [0, 0.05) is 5.25 Å². The maximum absolute atomic E-state index is 5.64. The lowest BCUT2D eigenvalue weighted by molar-refractivity contribution is 0.493. The molecule has 0 amide bonds. The molecule has 0 saturated carbocycles. The number of thioether (sulfide) groups is 1. The molecule has 2 heterocycles. The van der Waals surface area contributed by atoms with E-state index in [0.717, 1.165) is 0 Å². The van der Waals surface area contributed by atoms with Crippen molar-refractivity contribution in [3.8, 4) is 0 Å². The number of hydrogen-bond donors (Lipinski definition) is 2. The van der Waals surface area contributed by atoms with Crippen LogP contribution in [0.25, 0.3) is 0 Å². The number of nitrogens with one attached hydrogen (secondary N) is 1. The van der Waals surface area contributed by atoms with Crippen LogP contribution in [0.15, 0.2) is 16.8 Å². The Balaban J connectivity index is 2.04. The summed E-state index contributed by atoms with van der Waals surface area (Å²) in [6.07, 6.45) is 4.00. The number of hydrogen-bond acceptors (Lipinski definition) is 4. The zero-order chi connectivity index (χ0) is 9.80. The first-order chi connectivity index (χ1) is 6.92. The quantitative estimate of drug-likeness (QED) is 0.617. The Labute approximate surface area is 93.2 Å². The second-order valence-corrected chi connectivity index (χ2v) is 5.73. The summed E-state index contributed by atoms with van der Waals surface area (Å²) >= 11 is 3.80. The molecule has 14 heavy (non-hydrogen) atoms. The molecule has 1 saturated heterocycles. The van der Waals surface area contributed by atoms with Gasteiger partial charge in [-0.1, -0.05) is 6.42 Å². The fourth-order valence-electron chi connectivity index (χ4n) is 1.90. The summed E-state index contributed by atoms with van der Waals surface area (Å²) in [5.41, 5.74) is 4.30. The fourth-order valence-corrected chi connectivity index (χ4v) is 4.03. The van der Waals surface area contributed by atoms with E-state index in [1.165, 1.54) is 30.6 Å². The highest BCUT2D eigenvalue weighted by atomic mass is 32.2. The molecule has 4 heteroatoms. The van der Waals surface area contributed by atoms with Gasteiger partial charge in [0.25, 0.3) is 0 Å². The molecule has 2 atom stereocenters. The fraction of sp³-hybridized carbons (Fsp3) is 0.600. The van der Waals surface area contributed by atoms with Crippen LogP contribution in [-0.4, -0.2) is 11.0 Å². The molecule has 78 valence electrons. The van der Waals surface area contributed by atoms with Gasteiger partial charge in [0.2, 0.25) is 0 Å². The van der Waals surface area contributed by atoms with Crippen LogP contribution in [0.3, 0.4) is 0 Å². The Kier molecular flexibility index (Phi) is 3.87. The largest absolute Gasteiger partial charge is 0.271 e. The van der Waals surface area contributed by atoms with Gasteiger partial charge in [-0.2, -0.15) is 23.1 Å². The van der Waals surface area contributed by atoms with Crippen LogP contribution < -0.4 is 11.3 Å². The number of nitrogens with two attached hydrogens (primary N) is 1. The smallest absolute Gasteiger partial charge is 0.0586 e. The Bertz CT molecular complexity index is 255. The van der Waals surface area contributed by atoms with Gasteiger partial charge in [-0.3, -0.25) is 11.3 Å². The maximum atomic E-state index is 5.64. The first-order valence-corrected chi connectivity index (χ1v) is 7.01. The van der Waals surface area contributed by atoms with Crippen LogP contribution in [-0.2, 0) is 0 Å². The second-order valence-electron chi connectivity index (χ2n) is 3.61. The molecule has 2 nitrogen and oxygen atoms in total. The van der Waals surface area contributed by atoms with E-state index in [9.17, 15) is 0 Å². The van der Waals surface area contributed by atoms with Crippen molar-refractivity contribution in [3.63, 3.8) is 0 Å². The van der Waals surface area contributed by atoms with Gasteiger partial charge < -0.3 is 0 Å².